The Kier molecular flexibility index (Phi) is 6.53. The van der Waals surface area contributed by atoms with Crippen LogP contribution in [-0.4, -0.2) is 17.9 Å². The van der Waals surface area contributed by atoms with Crippen LogP contribution in [0.5, 0.6) is 5.75 Å². The maximum atomic E-state index is 13.7. The lowest BCUT2D eigenvalue weighted by atomic mass is 9.87. The van der Waals surface area contributed by atoms with E-state index in [0.717, 1.165) is 11.3 Å². The maximum absolute atomic E-state index is 13.7. The van der Waals surface area contributed by atoms with Crippen LogP contribution in [0.15, 0.2) is 78.5 Å². The summed E-state index contributed by atoms with van der Waals surface area (Å²) in [6.45, 7) is 12.3. The number of anilines is 2. The van der Waals surface area contributed by atoms with E-state index in [2.05, 4.69) is 26.1 Å². The molecule has 1 heterocycles. The molecule has 1 aliphatic heterocycles. The standard InChI is InChI=1S/C30H32N2O3/c1-19(2)35-24-17-11-21(12-18-24)26-27(31-23-15-13-22(14-16-23)30(4,5)6)29(34)32(28(26)33)25-10-8-7-9-20(25)3/h7-19,31H,1-6H3. The van der Waals surface area contributed by atoms with Crippen LogP contribution in [0.2, 0.25) is 0 Å². The Morgan fingerprint density at radius 2 is 1.46 bits per heavy atom. The van der Waals surface area contributed by atoms with Gasteiger partial charge in [0.2, 0.25) is 0 Å². The minimum absolute atomic E-state index is 0.0174. The highest BCUT2D eigenvalue weighted by Crippen LogP contribution is 2.36. The molecule has 0 saturated heterocycles. The molecule has 180 valence electrons. The van der Waals surface area contributed by atoms with E-state index in [0.29, 0.717) is 22.6 Å². The second-order valence-electron chi connectivity index (χ2n) is 10.1. The van der Waals surface area contributed by atoms with E-state index in [-0.39, 0.29) is 29.0 Å². The Labute approximate surface area is 207 Å². The molecule has 5 nitrogen and oxygen atoms in total. The minimum Gasteiger partial charge on any atom is -0.491 e. The largest absolute Gasteiger partial charge is 0.491 e. The third kappa shape index (κ3) is 4.99. The molecule has 2 amide bonds. The third-order valence-corrected chi connectivity index (χ3v) is 5.98. The molecule has 35 heavy (non-hydrogen) atoms. The van der Waals surface area contributed by atoms with Crippen molar-refractivity contribution in [2.45, 2.75) is 53.1 Å². The fourth-order valence-corrected chi connectivity index (χ4v) is 4.12. The van der Waals surface area contributed by atoms with Gasteiger partial charge in [0, 0.05) is 5.69 Å². The molecular weight excluding hydrogens is 436 g/mol. The van der Waals surface area contributed by atoms with E-state index >= 15 is 0 Å². The van der Waals surface area contributed by atoms with Crippen LogP contribution >= 0.6 is 0 Å². The summed E-state index contributed by atoms with van der Waals surface area (Å²) in [4.78, 5) is 28.6. The summed E-state index contributed by atoms with van der Waals surface area (Å²) in [5, 5.41) is 3.25. The Morgan fingerprint density at radius 3 is 2.03 bits per heavy atom. The fourth-order valence-electron chi connectivity index (χ4n) is 4.12. The number of hydrogen-bond acceptors (Lipinski definition) is 4. The molecule has 0 unspecified atom stereocenters. The summed E-state index contributed by atoms with van der Waals surface area (Å²) in [5.41, 5.74) is 4.65. The molecule has 4 rings (SSSR count). The highest BCUT2D eigenvalue weighted by molar-refractivity contribution is 6.46. The molecule has 0 fully saturated rings. The van der Waals surface area contributed by atoms with Crippen molar-refractivity contribution in [3.05, 3.63) is 95.2 Å². The van der Waals surface area contributed by atoms with Gasteiger partial charge in [-0.1, -0.05) is 63.2 Å². The molecule has 3 aromatic rings. The summed E-state index contributed by atoms with van der Waals surface area (Å²) in [6, 6.07) is 22.7. The van der Waals surface area contributed by atoms with Gasteiger partial charge in [0.05, 0.1) is 17.4 Å². The number of amides is 2. The van der Waals surface area contributed by atoms with Crippen molar-refractivity contribution >= 4 is 28.8 Å². The molecule has 0 saturated carbocycles. The number of carbonyl (C=O) groups excluding carboxylic acids is 2. The van der Waals surface area contributed by atoms with E-state index in [1.54, 1.807) is 6.07 Å². The van der Waals surface area contributed by atoms with E-state index < -0.39 is 0 Å². The van der Waals surface area contributed by atoms with Gasteiger partial charge in [0.25, 0.3) is 11.8 Å². The van der Waals surface area contributed by atoms with Gasteiger partial charge in [-0.2, -0.15) is 0 Å². The van der Waals surface area contributed by atoms with Crippen LogP contribution in [0.4, 0.5) is 11.4 Å². The zero-order valence-corrected chi connectivity index (χ0v) is 21.2. The lowest BCUT2D eigenvalue weighted by molar-refractivity contribution is -0.120. The molecule has 0 spiro atoms. The number of hydrogen-bond donors (Lipinski definition) is 1. The zero-order valence-electron chi connectivity index (χ0n) is 21.2. The van der Waals surface area contributed by atoms with Crippen LogP contribution in [0.3, 0.4) is 0 Å². The Balaban J connectivity index is 1.77. The van der Waals surface area contributed by atoms with E-state index in [4.69, 9.17) is 4.74 Å². The first-order valence-electron chi connectivity index (χ1n) is 11.9. The second-order valence-corrected chi connectivity index (χ2v) is 10.1. The van der Waals surface area contributed by atoms with Gasteiger partial charge in [-0.05, 0) is 73.2 Å². The van der Waals surface area contributed by atoms with Crippen LogP contribution in [0, 0.1) is 6.92 Å². The van der Waals surface area contributed by atoms with Crippen LogP contribution in [-0.2, 0) is 15.0 Å². The number of ether oxygens (including phenoxy) is 1. The lowest BCUT2D eigenvalue weighted by Crippen LogP contribution is -2.33. The maximum Gasteiger partial charge on any atom is 0.282 e. The first-order chi connectivity index (χ1) is 16.6. The Bertz CT molecular complexity index is 1280. The smallest absolute Gasteiger partial charge is 0.282 e. The number of imide groups is 1. The monoisotopic (exact) mass is 468 g/mol. The molecule has 0 aliphatic carbocycles. The summed E-state index contributed by atoms with van der Waals surface area (Å²) in [5.74, 6) is -0.0125. The number of para-hydroxylation sites is 1. The number of nitrogens with one attached hydrogen (secondary N) is 1. The summed E-state index contributed by atoms with van der Waals surface area (Å²) in [6.07, 6.45) is 0.0413. The number of rotatable bonds is 6. The quantitative estimate of drug-likeness (QED) is 0.421. The molecule has 0 aromatic heterocycles. The van der Waals surface area contributed by atoms with E-state index in [1.807, 2.05) is 87.5 Å². The molecule has 5 heteroatoms. The second kappa shape index (κ2) is 9.41. The van der Waals surface area contributed by atoms with Crippen LogP contribution in [0.25, 0.3) is 5.57 Å². The third-order valence-electron chi connectivity index (χ3n) is 5.98. The highest BCUT2D eigenvalue weighted by Gasteiger charge is 2.40. The number of carbonyl (C=O) groups is 2. The number of benzene rings is 3. The normalized spacial score (nSPS) is 14.2. The van der Waals surface area contributed by atoms with Crippen molar-refractivity contribution in [3.63, 3.8) is 0 Å². The van der Waals surface area contributed by atoms with Crippen molar-refractivity contribution in [2.75, 3.05) is 10.2 Å². The highest BCUT2D eigenvalue weighted by atomic mass is 16.5. The predicted octanol–water partition coefficient (Wildman–Crippen LogP) is 6.48. The summed E-state index contributed by atoms with van der Waals surface area (Å²) < 4.78 is 5.75. The Hall–Kier alpha value is -3.86. The topological polar surface area (TPSA) is 58.6 Å². The van der Waals surface area contributed by atoms with Crippen molar-refractivity contribution < 1.29 is 14.3 Å². The number of aryl methyl sites for hydroxylation is 1. The Morgan fingerprint density at radius 1 is 0.829 bits per heavy atom. The average Bonchev–Trinajstić information content (AvgIpc) is 3.03. The molecular formula is C30H32N2O3. The van der Waals surface area contributed by atoms with E-state index in [1.165, 1.54) is 10.5 Å². The van der Waals surface area contributed by atoms with Crippen molar-refractivity contribution in [1.29, 1.82) is 0 Å². The SMILES string of the molecule is Cc1ccccc1N1C(=O)C(Nc2ccc(C(C)(C)C)cc2)=C(c2ccc(OC(C)C)cc2)C1=O. The van der Waals surface area contributed by atoms with Gasteiger partial charge >= 0.3 is 0 Å². The first kappa shape index (κ1) is 24.3. The molecule has 0 atom stereocenters. The number of nitrogens with zero attached hydrogens (tertiary/aromatic N) is 1. The molecule has 1 aliphatic rings. The summed E-state index contributed by atoms with van der Waals surface area (Å²) in [7, 11) is 0. The van der Waals surface area contributed by atoms with Crippen LogP contribution < -0.4 is 15.0 Å². The first-order valence-corrected chi connectivity index (χ1v) is 11.9. The van der Waals surface area contributed by atoms with Gasteiger partial charge in [0.15, 0.2) is 0 Å². The molecule has 1 N–H and O–H groups in total. The summed E-state index contributed by atoms with van der Waals surface area (Å²) >= 11 is 0. The van der Waals surface area contributed by atoms with Crippen LogP contribution in [0.1, 0.15) is 51.3 Å². The van der Waals surface area contributed by atoms with Crippen molar-refractivity contribution in [2.24, 2.45) is 0 Å². The van der Waals surface area contributed by atoms with Gasteiger partial charge < -0.3 is 10.1 Å². The van der Waals surface area contributed by atoms with Crippen molar-refractivity contribution in [1.82, 2.24) is 0 Å². The molecule has 0 radical (unpaired) electrons. The fraction of sp³-hybridized carbons (Fsp3) is 0.267. The predicted molar refractivity (Wildman–Crippen MR) is 142 cm³/mol. The average molecular weight is 469 g/mol. The lowest BCUT2D eigenvalue weighted by Gasteiger charge is -2.19. The zero-order chi connectivity index (χ0) is 25.3. The van der Waals surface area contributed by atoms with E-state index in [9.17, 15) is 9.59 Å². The van der Waals surface area contributed by atoms with Gasteiger partial charge in [0.1, 0.15) is 11.4 Å². The molecule has 0 bridgehead atoms. The van der Waals surface area contributed by atoms with Gasteiger partial charge in [-0.3, -0.25) is 9.59 Å². The van der Waals surface area contributed by atoms with Gasteiger partial charge in [-0.25, -0.2) is 4.90 Å². The minimum atomic E-state index is -0.373. The van der Waals surface area contributed by atoms with Crippen molar-refractivity contribution in [3.8, 4) is 5.75 Å². The van der Waals surface area contributed by atoms with Gasteiger partial charge in [-0.15, -0.1) is 0 Å². The molecule has 3 aromatic carbocycles.